The van der Waals surface area contributed by atoms with Crippen molar-refractivity contribution in [3.63, 3.8) is 0 Å². The summed E-state index contributed by atoms with van der Waals surface area (Å²) in [5, 5.41) is 2.78. The summed E-state index contributed by atoms with van der Waals surface area (Å²) in [6.45, 7) is -0.471. The van der Waals surface area contributed by atoms with Crippen LogP contribution in [-0.4, -0.2) is 53.9 Å². The number of amides is 1. The predicted molar refractivity (Wildman–Crippen MR) is 130 cm³/mol. The maximum atomic E-state index is 12.8. The number of benzene rings is 3. The van der Waals surface area contributed by atoms with E-state index >= 15 is 0 Å². The second-order valence-corrected chi connectivity index (χ2v) is 11.6. The Labute approximate surface area is 194 Å². The first kappa shape index (κ1) is 24.4. The lowest BCUT2D eigenvalue weighted by atomic mass is 10.0. The molecule has 0 aliphatic heterocycles. The zero-order valence-electron chi connectivity index (χ0n) is 18.5. The minimum absolute atomic E-state index is 0.0194. The maximum absolute atomic E-state index is 12.8. The number of carbonyl (C=O) groups excluding carboxylic acids is 1. The molecule has 0 aromatic heterocycles. The van der Waals surface area contributed by atoms with Crippen molar-refractivity contribution in [2.75, 3.05) is 36.5 Å². The summed E-state index contributed by atoms with van der Waals surface area (Å²) in [6.07, 6.45) is 0.989. The summed E-state index contributed by atoms with van der Waals surface area (Å²) in [5.41, 5.74) is 2.44. The quantitative estimate of drug-likeness (QED) is 0.526. The number of anilines is 2. The Morgan fingerprint density at radius 2 is 1.39 bits per heavy atom. The number of nitrogens with one attached hydrogen (secondary N) is 1. The maximum Gasteiger partial charge on any atom is 0.245 e. The van der Waals surface area contributed by atoms with Crippen LogP contribution in [0.25, 0.3) is 11.1 Å². The van der Waals surface area contributed by atoms with E-state index in [4.69, 9.17) is 0 Å². The Morgan fingerprint density at radius 1 is 0.818 bits per heavy atom. The lowest BCUT2D eigenvalue weighted by molar-refractivity contribution is -0.114. The molecule has 3 rings (SSSR count). The SMILES string of the molecule is CN(C)S(=O)(=O)c1ccc(N(CC(=O)Nc2ccccc2-c2ccccc2)S(C)(=O)=O)cc1. The Kier molecular flexibility index (Phi) is 7.21. The van der Waals surface area contributed by atoms with Gasteiger partial charge in [-0.25, -0.2) is 21.1 Å². The number of sulfonamides is 2. The van der Waals surface area contributed by atoms with Crippen LogP contribution in [0.1, 0.15) is 0 Å². The Balaban J connectivity index is 1.85. The molecular weight excluding hydrogens is 462 g/mol. The molecule has 0 heterocycles. The van der Waals surface area contributed by atoms with Gasteiger partial charge >= 0.3 is 0 Å². The highest BCUT2D eigenvalue weighted by molar-refractivity contribution is 7.92. The Bertz CT molecular complexity index is 1340. The average Bonchev–Trinajstić information content (AvgIpc) is 2.78. The molecule has 1 N–H and O–H groups in total. The molecule has 3 aromatic carbocycles. The van der Waals surface area contributed by atoms with E-state index in [1.165, 1.54) is 38.4 Å². The zero-order valence-corrected chi connectivity index (χ0v) is 20.1. The number of hydrogen-bond donors (Lipinski definition) is 1. The Morgan fingerprint density at radius 3 is 1.97 bits per heavy atom. The van der Waals surface area contributed by atoms with Gasteiger partial charge in [0.05, 0.1) is 16.8 Å². The van der Waals surface area contributed by atoms with Crippen LogP contribution in [0.5, 0.6) is 0 Å². The zero-order chi connectivity index (χ0) is 24.2. The molecule has 1 amide bonds. The smallest absolute Gasteiger partial charge is 0.245 e. The summed E-state index contributed by atoms with van der Waals surface area (Å²) < 4.78 is 51.4. The fraction of sp³-hybridized carbons (Fsp3) is 0.174. The van der Waals surface area contributed by atoms with Crippen molar-refractivity contribution >= 4 is 37.3 Å². The standard InChI is InChI=1S/C23H25N3O5S2/c1-25(2)33(30,31)20-15-13-19(14-16-20)26(32(3,28)29)17-23(27)24-22-12-8-7-11-21(22)18-9-5-4-6-10-18/h4-16H,17H2,1-3H3,(H,24,27). The van der Waals surface area contributed by atoms with E-state index in [1.807, 2.05) is 42.5 Å². The average molecular weight is 488 g/mol. The van der Waals surface area contributed by atoms with Gasteiger partial charge in [0, 0.05) is 25.3 Å². The first-order valence-corrected chi connectivity index (χ1v) is 13.2. The van der Waals surface area contributed by atoms with Crippen LogP contribution in [0.15, 0.2) is 83.8 Å². The van der Waals surface area contributed by atoms with E-state index in [0.717, 1.165) is 26.0 Å². The van der Waals surface area contributed by atoms with Gasteiger partial charge in [0.1, 0.15) is 6.54 Å². The summed E-state index contributed by atoms with van der Waals surface area (Å²) in [6, 6.07) is 22.1. The summed E-state index contributed by atoms with van der Waals surface area (Å²) in [4.78, 5) is 12.8. The van der Waals surface area contributed by atoms with Gasteiger partial charge in [-0.2, -0.15) is 0 Å². The van der Waals surface area contributed by atoms with Crippen molar-refractivity contribution in [2.24, 2.45) is 0 Å². The molecule has 0 atom stereocenters. The molecule has 0 fully saturated rings. The summed E-state index contributed by atoms with van der Waals surface area (Å²) in [5.74, 6) is -0.534. The normalized spacial score (nSPS) is 11.9. The molecule has 3 aromatic rings. The van der Waals surface area contributed by atoms with Crippen LogP contribution >= 0.6 is 0 Å². The lowest BCUT2D eigenvalue weighted by Crippen LogP contribution is -2.37. The predicted octanol–water partition coefficient (Wildman–Crippen LogP) is 3.01. The molecule has 0 aliphatic carbocycles. The van der Waals surface area contributed by atoms with Gasteiger partial charge in [-0.3, -0.25) is 9.10 Å². The molecule has 174 valence electrons. The van der Waals surface area contributed by atoms with Crippen LogP contribution in [-0.2, 0) is 24.8 Å². The van der Waals surface area contributed by atoms with E-state index in [1.54, 1.807) is 12.1 Å². The highest BCUT2D eigenvalue weighted by Crippen LogP contribution is 2.28. The van der Waals surface area contributed by atoms with Crippen molar-refractivity contribution in [1.29, 1.82) is 0 Å². The van der Waals surface area contributed by atoms with Gasteiger partial charge in [-0.1, -0.05) is 48.5 Å². The van der Waals surface area contributed by atoms with Crippen molar-refractivity contribution in [3.8, 4) is 11.1 Å². The number of nitrogens with zero attached hydrogens (tertiary/aromatic N) is 2. The minimum atomic E-state index is -3.82. The molecule has 0 radical (unpaired) electrons. The van der Waals surface area contributed by atoms with E-state index in [0.29, 0.717) is 5.69 Å². The van der Waals surface area contributed by atoms with Crippen LogP contribution in [0, 0.1) is 0 Å². The molecule has 33 heavy (non-hydrogen) atoms. The monoisotopic (exact) mass is 487 g/mol. The van der Waals surface area contributed by atoms with Gasteiger partial charge in [0.2, 0.25) is 26.0 Å². The van der Waals surface area contributed by atoms with Crippen LogP contribution in [0.2, 0.25) is 0 Å². The molecule has 0 spiro atoms. The number of carbonyl (C=O) groups is 1. The first-order chi connectivity index (χ1) is 15.5. The van der Waals surface area contributed by atoms with Crippen LogP contribution in [0.4, 0.5) is 11.4 Å². The fourth-order valence-corrected chi connectivity index (χ4v) is 4.94. The van der Waals surface area contributed by atoms with Gasteiger partial charge in [0.15, 0.2) is 0 Å². The summed E-state index contributed by atoms with van der Waals surface area (Å²) >= 11 is 0. The first-order valence-electron chi connectivity index (χ1n) is 9.95. The topological polar surface area (TPSA) is 104 Å². The van der Waals surface area contributed by atoms with Gasteiger partial charge < -0.3 is 5.32 Å². The highest BCUT2D eigenvalue weighted by atomic mass is 32.2. The van der Waals surface area contributed by atoms with Crippen molar-refractivity contribution < 1.29 is 21.6 Å². The van der Waals surface area contributed by atoms with E-state index in [9.17, 15) is 21.6 Å². The van der Waals surface area contributed by atoms with E-state index in [2.05, 4.69) is 5.32 Å². The second-order valence-electron chi connectivity index (χ2n) is 7.51. The van der Waals surface area contributed by atoms with Crippen molar-refractivity contribution in [1.82, 2.24) is 4.31 Å². The van der Waals surface area contributed by atoms with Gasteiger partial charge in [-0.15, -0.1) is 0 Å². The molecule has 0 bridgehead atoms. The summed E-state index contributed by atoms with van der Waals surface area (Å²) in [7, 11) is -4.67. The highest BCUT2D eigenvalue weighted by Gasteiger charge is 2.23. The molecule has 0 saturated carbocycles. The molecule has 10 heteroatoms. The molecule has 0 unspecified atom stereocenters. The third kappa shape index (κ3) is 5.78. The second kappa shape index (κ2) is 9.74. The third-order valence-corrected chi connectivity index (χ3v) is 7.85. The van der Waals surface area contributed by atoms with Crippen LogP contribution in [0.3, 0.4) is 0 Å². The van der Waals surface area contributed by atoms with Gasteiger partial charge in [0.25, 0.3) is 0 Å². The largest absolute Gasteiger partial charge is 0.324 e. The molecule has 0 saturated heterocycles. The fourth-order valence-electron chi connectivity index (χ4n) is 3.18. The van der Waals surface area contributed by atoms with E-state index in [-0.39, 0.29) is 10.6 Å². The van der Waals surface area contributed by atoms with Crippen molar-refractivity contribution in [2.45, 2.75) is 4.90 Å². The number of hydrogen-bond acceptors (Lipinski definition) is 5. The third-order valence-electron chi connectivity index (χ3n) is 4.88. The van der Waals surface area contributed by atoms with Gasteiger partial charge in [-0.05, 0) is 35.9 Å². The lowest BCUT2D eigenvalue weighted by Gasteiger charge is -2.23. The number of para-hydroxylation sites is 1. The minimum Gasteiger partial charge on any atom is -0.324 e. The molecular formula is C23H25N3O5S2. The Hall–Kier alpha value is -3.21. The van der Waals surface area contributed by atoms with Crippen LogP contribution < -0.4 is 9.62 Å². The van der Waals surface area contributed by atoms with Crippen molar-refractivity contribution in [3.05, 3.63) is 78.9 Å². The number of rotatable bonds is 8. The van der Waals surface area contributed by atoms with E-state index < -0.39 is 32.5 Å². The molecule has 0 aliphatic rings. The molecule has 8 nitrogen and oxygen atoms in total.